The van der Waals surface area contributed by atoms with Gasteiger partial charge in [0.15, 0.2) is 0 Å². The molecule has 1 aromatic rings. The largest absolute Gasteiger partial charge is 0.353 e. The van der Waals surface area contributed by atoms with Gasteiger partial charge in [-0.15, -0.1) is 0 Å². The fourth-order valence-corrected chi connectivity index (χ4v) is 2.85. The summed E-state index contributed by atoms with van der Waals surface area (Å²) in [7, 11) is 0. The Morgan fingerprint density at radius 3 is 2.72 bits per heavy atom. The van der Waals surface area contributed by atoms with Crippen molar-refractivity contribution in [3.8, 4) is 0 Å². The van der Waals surface area contributed by atoms with Crippen LogP contribution in [0.1, 0.15) is 37.7 Å². The Bertz CT molecular complexity index is 430. The smallest absolute Gasteiger partial charge is 0.224 e. The first-order valence-electron chi connectivity index (χ1n) is 6.38. The lowest BCUT2D eigenvalue weighted by molar-refractivity contribution is -0.121. The van der Waals surface area contributed by atoms with E-state index in [0.29, 0.717) is 16.9 Å². The lowest BCUT2D eigenvalue weighted by Crippen LogP contribution is -2.37. The van der Waals surface area contributed by atoms with Gasteiger partial charge in [-0.25, -0.2) is 4.39 Å². The zero-order valence-electron chi connectivity index (χ0n) is 10.2. The second kappa shape index (κ2) is 6.32. The van der Waals surface area contributed by atoms with Crippen molar-refractivity contribution in [2.45, 2.75) is 44.6 Å². The summed E-state index contributed by atoms with van der Waals surface area (Å²) in [6.07, 6.45) is 6.14. The molecule has 0 unspecified atom stereocenters. The Morgan fingerprint density at radius 2 is 2.06 bits per heavy atom. The predicted octanol–water partition coefficient (Wildman–Crippen LogP) is 3.58. The molecule has 0 aromatic heterocycles. The molecule has 18 heavy (non-hydrogen) atoms. The zero-order chi connectivity index (χ0) is 13.0. The number of rotatable bonds is 3. The molecule has 98 valence electrons. The maximum absolute atomic E-state index is 12.9. The first-order chi connectivity index (χ1) is 8.65. The van der Waals surface area contributed by atoms with Crippen LogP contribution in [0.5, 0.6) is 0 Å². The van der Waals surface area contributed by atoms with Crippen LogP contribution in [-0.2, 0) is 11.2 Å². The Labute approximate surface area is 115 Å². The number of hydrogen-bond acceptors (Lipinski definition) is 1. The molecule has 1 amide bonds. The zero-order valence-corrected chi connectivity index (χ0v) is 11.8. The third-order valence-electron chi connectivity index (χ3n) is 3.34. The number of hydrogen-bond donors (Lipinski definition) is 1. The Balaban J connectivity index is 1.90. The minimum atomic E-state index is -0.293. The third-order valence-corrected chi connectivity index (χ3v) is 4.07. The van der Waals surface area contributed by atoms with E-state index in [1.54, 1.807) is 6.07 Å². The van der Waals surface area contributed by atoms with Gasteiger partial charge in [0.1, 0.15) is 5.82 Å². The van der Waals surface area contributed by atoms with Gasteiger partial charge in [-0.3, -0.25) is 4.79 Å². The molecule has 0 spiro atoms. The molecule has 0 heterocycles. The van der Waals surface area contributed by atoms with Gasteiger partial charge in [0.25, 0.3) is 0 Å². The van der Waals surface area contributed by atoms with Crippen molar-refractivity contribution < 1.29 is 9.18 Å². The van der Waals surface area contributed by atoms with E-state index in [-0.39, 0.29) is 11.7 Å². The van der Waals surface area contributed by atoms with Gasteiger partial charge < -0.3 is 5.32 Å². The summed E-state index contributed by atoms with van der Waals surface area (Å²) >= 11 is 3.28. The van der Waals surface area contributed by atoms with Crippen molar-refractivity contribution in [2.24, 2.45) is 0 Å². The molecular weight excluding hydrogens is 297 g/mol. The lowest BCUT2D eigenvalue weighted by atomic mass is 9.95. The maximum Gasteiger partial charge on any atom is 0.224 e. The normalized spacial score (nSPS) is 16.6. The second-order valence-corrected chi connectivity index (χ2v) is 5.67. The number of halogens is 2. The van der Waals surface area contributed by atoms with E-state index < -0.39 is 0 Å². The fraction of sp³-hybridized carbons (Fsp3) is 0.500. The molecule has 2 nitrogen and oxygen atoms in total. The molecule has 0 aliphatic heterocycles. The fourth-order valence-electron chi connectivity index (χ4n) is 2.36. The van der Waals surface area contributed by atoms with Crippen LogP contribution in [0.25, 0.3) is 0 Å². The molecule has 0 atom stereocenters. The van der Waals surface area contributed by atoms with Crippen molar-refractivity contribution in [3.05, 3.63) is 34.1 Å². The topological polar surface area (TPSA) is 29.1 Å². The Morgan fingerprint density at radius 1 is 1.33 bits per heavy atom. The van der Waals surface area contributed by atoms with Crippen LogP contribution in [0.2, 0.25) is 0 Å². The molecular formula is C14H17BrFNO. The summed E-state index contributed by atoms with van der Waals surface area (Å²) in [5.74, 6) is -0.271. The SMILES string of the molecule is O=C(Cc1ccc(F)cc1Br)NC1CCCCC1. The van der Waals surface area contributed by atoms with Gasteiger partial charge >= 0.3 is 0 Å². The second-order valence-electron chi connectivity index (χ2n) is 4.81. The summed E-state index contributed by atoms with van der Waals surface area (Å²) in [4.78, 5) is 11.9. The van der Waals surface area contributed by atoms with Gasteiger partial charge in [-0.2, -0.15) is 0 Å². The van der Waals surface area contributed by atoms with Gasteiger partial charge in [0.05, 0.1) is 6.42 Å². The molecule has 0 radical (unpaired) electrons. The highest BCUT2D eigenvalue weighted by Crippen LogP contribution is 2.20. The van der Waals surface area contributed by atoms with E-state index in [1.807, 2.05) is 0 Å². The maximum atomic E-state index is 12.9. The number of benzene rings is 1. The van der Waals surface area contributed by atoms with Crippen molar-refractivity contribution in [1.82, 2.24) is 5.32 Å². The lowest BCUT2D eigenvalue weighted by Gasteiger charge is -2.22. The van der Waals surface area contributed by atoms with Gasteiger partial charge in [0, 0.05) is 10.5 Å². The van der Waals surface area contributed by atoms with E-state index in [4.69, 9.17) is 0 Å². The van der Waals surface area contributed by atoms with Gasteiger partial charge in [-0.05, 0) is 30.5 Å². The first kappa shape index (κ1) is 13.5. The number of carbonyl (C=O) groups is 1. The van der Waals surface area contributed by atoms with Gasteiger partial charge in [0.2, 0.25) is 5.91 Å². The Kier molecular flexibility index (Phi) is 4.75. The van der Waals surface area contributed by atoms with Crippen LogP contribution in [0.3, 0.4) is 0 Å². The van der Waals surface area contributed by atoms with Crippen molar-refractivity contribution in [1.29, 1.82) is 0 Å². The van der Waals surface area contributed by atoms with Gasteiger partial charge in [-0.1, -0.05) is 41.3 Å². The Hall–Kier alpha value is -0.900. The standard InChI is InChI=1S/C14H17BrFNO/c15-13-9-11(16)7-6-10(13)8-14(18)17-12-4-2-1-3-5-12/h6-7,9,12H,1-5,8H2,(H,17,18). The highest BCUT2D eigenvalue weighted by atomic mass is 79.9. The van der Waals surface area contributed by atoms with Crippen LogP contribution in [0, 0.1) is 5.82 Å². The van der Waals surface area contributed by atoms with E-state index >= 15 is 0 Å². The van der Waals surface area contributed by atoms with E-state index in [0.717, 1.165) is 18.4 Å². The molecule has 1 aliphatic carbocycles. The van der Waals surface area contributed by atoms with E-state index in [9.17, 15) is 9.18 Å². The predicted molar refractivity (Wildman–Crippen MR) is 72.8 cm³/mol. The molecule has 0 bridgehead atoms. The molecule has 1 N–H and O–H groups in total. The molecule has 1 fully saturated rings. The molecule has 0 saturated heterocycles. The van der Waals surface area contributed by atoms with E-state index in [1.165, 1.54) is 31.4 Å². The first-order valence-corrected chi connectivity index (χ1v) is 7.18. The third kappa shape index (κ3) is 3.80. The average molecular weight is 314 g/mol. The molecule has 1 saturated carbocycles. The van der Waals surface area contributed by atoms with Crippen molar-refractivity contribution in [3.63, 3.8) is 0 Å². The summed E-state index contributed by atoms with van der Waals surface area (Å²) < 4.78 is 13.6. The minimum absolute atomic E-state index is 0.0224. The van der Waals surface area contributed by atoms with Crippen LogP contribution in [0.15, 0.2) is 22.7 Å². The highest BCUT2D eigenvalue weighted by molar-refractivity contribution is 9.10. The summed E-state index contributed by atoms with van der Waals surface area (Å²) in [5, 5.41) is 3.06. The minimum Gasteiger partial charge on any atom is -0.353 e. The molecule has 2 rings (SSSR count). The monoisotopic (exact) mass is 313 g/mol. The summed E-state index contributed by atoms with van der Waals surface area (Å²) in [5.41, 5.74) is 0.824. The van der Waals surface area contributed by atoms with Crippen molar-refractivity contribution >= 4 is 21.8 Å². The number of amides is 1. The quantitative estimate of drug-likeness (QED) is 0.908. The highest BCUT2D eigenvalue weighted by Gasteiger charge is 2.16. The van der Waals surface area contributed by atoms with E-state index in [2.05, 4.69) is 21.2 Å². The van der Waals surface area contributed by atoms with Crippen molar-refractivity contribution in [2.75, 3.05) is 0 Å². The number of carbonyl (C=O) groups excluding carboxylic acids is 1. The van der Waals surface area contributed by atoms with Crippen LogP contribution in [-0.4, -0.2) is 11.9 Å². The van der Waals surface area contributed by atoms with Crippen LogP contribution < -0.4 is 5.32 Å². The average Bonchev–Trinajstić information content (AvgIpc) is 2.34. The molecule has 4 heteroatoms. The molecule has 1 aliphatic rings. The summed E-state index contributed by atoms with van der Waals surface area (Å²) in [6, 6.07) is 4.75. The van der Waals surface area contributed by atoms with Crippen LogP contribution >= 0.6 is 15.9 Å². The summed E-state index contributed by atoms with van der Waals surface area (Å²) in [6.45, 7) is 0. The molecule has 1 aromatic carbocycles. The number of nitrogens with one attached hydrogen (secondary N) is 1. The van der Waals surface area contributed by atoms with Crippen LogP contribution in [0.4, 0.5) is 4.39 Å².